The molecule has 0 fully saturated rings. The molecule has 24 heavy (non-hydrogen) atoms. The number of aryl methyl sites for hydroxylation is 1. The van der Waals surface area contributed by atoms with Crippen LogP contribution in [-0.2, 0) is 11.3 Å². The molecular formula is C18H14F2N2O2. The molecule has 0 atom stereocenters. The molecule has 0 aliphatic carbocycles. The van der Waals surface area contributed by atoms with Crippen molar-refractivity contribution in [3.63, 3.8) is 0 Å². The van der Waals surface area contributed by atoms with E-state index in [2.05, 4.69) is 5.32 Å². The van der Waals surface area contributed by atoms with Gasteiger partial charge in [-0.1, -0.05) is 11.6 Å². The van der Waals surface area contributed by atoms with E-state index in [0.717, 1.165) is 17.7 Å². The molecule has 0 unspecified atom stereocenters. The molecule has 1 N–H and O–H groups in total. The highest BCUT2D eigenvalue weighted by atomic mass is 19.1. The number of hydrogen-bond acceptors (Lipinski definition) is 2. The molecular weight excluding hydrogens is 314 g/mol. The van der Waals surface area contributed by atoms with Gasteiger partial charge >= 0.3 is 0 Å². The molecule has 0 aliphatic rings. The van der Waals surface area contributed by atoms with E-state index in [0.29, 0.717) is 17.0 Å². The number of nitrogens with one attached hydrogen (secondary N) is 1. The zero-order valence-electron chi connectivity index (χ0n) is 12.8. The molecule has 1 heterocycles. The second-order valence-electron chi connectivity index (χ2n) is 5.50. The number of halogens is 2. The summed E-state index contributed by atoms with van der Waals surface area (Å²) in [6.07, 6.45) is 1.51. The molecule has 122 valence electrons. The van der Waals surface area contributed by atoms with Crippen molar-refractivity contribution >= 4 is 22.5 Å². The minimum absolute atomic E-state index is 0.0948. The van der Waals surface area contributed by atoms with Crippen LogP contribution >= 0.6 is 0 Å². The molecule has 4 nitrogen and oxygen atoms in total. The number of pyridine rings is 1. The first-order valence-electron chi connectivity index (χ1n) is 7.29. The summed E-state index contributed by atoms with van der Waals surface area (Å²) >= 11 is 0. The number of anilines is 1. The highest BCUT2D eigenvalue weighted by Gasteiger charge is 2.10. The molecule has 2 aromatic carbocycles. The number of fused-ring (bicyclic) bond motifs is 1. The van der Waals surface area contributed by atoms with Gasteiger partial charge in [0, 0.05) is 23.7 Å². The van der Waals surface area contributed by atoms with E-state index < -0.39 is 17.5 Å². The molecule has 1 amide bonds. The van der Waals surface area contributed by atoms with Crippen molar-refractivity contribution in [3.05, 3.63) is 76.1 Å². The van der Waals surface area contributed by atoms with Gasteiger partial charge in [-0.3, -0.25) is 9.59 Å². The Kier molecular flexibility index (Phi) is 4.12. The first-order chi connectivity index (χ1) is 11.4. The molecule has 3 rings (SSSR count). The minimum atomic E-state index is -0.844. The average Bonchev–Trinajstić information content (AvgIpc) is 2.53. The van der Waals surface area contributed by atoms with Gasteiger partial charge in [-0.25, -0.2) is 8.78 Å². The molecule has 3 aromatic rings. The Morgan fingerprint density at radius 1 is 1.12 bits per heavy atom. The highest BCUT2D eigenvalue weighted by Crippen LogP contribution is 2.16. The Morgan fingerprint density at radius 2 is 1.92 bits per heavy atom. The van der Waals surface area contributed by atoms with Crippen molar-refractivity contribution in [2.24, 2.45) is 0 Å². The fourth-order valence-electron chi connectivity index (χ4n) is 2.50. The Bertz CT molecular complexity index is 996. The second-order valence-corrected chi connectivity index (χ2v) is 5.50. The van der Waals surface area contributed by atoms with Crippen molar-refractivity contribution in [1.29, 1.82) is 0 Å². The van der Waals surface area contributed by atoms with Crippen LogP contribution in [-0.4, -0.2) is 10.5 Å². The zero-order valence-corrected chi connectivity index (χ0v) is 12.8. The SMILES string of the molecule is Cc1ccc2c(c1)c(=O)ccn2CC(=O)Nc1ccc(F)cc1F. The molecule has 0 bridgehead atoms. The third kappa shape index (κ3) is 3.17. The summed E-state index contributed by atoms with van der Waals surface area (Å²) in [6, 6.07) is 9.67. The van der Waals surface area contributed by atoms with E-state index in [1.165, 1.54) is 12.3 Å². The third-order valence-electron chi connectivity index (χ3n) is 3.65. The summed E-state index contributed by atoms with van der Waals surface area (Å²) in [5.41, 5.74) is 1.33. The van der Waals surface area contributed by atoms with E-state index in [1.807, 2.05) is 13.0 Å². The number of nitrogens with zero attached hydrogens (tertiary/aromatic N) is 1. The van der Waals surface area contributed by atoms with Crippen LogP contribution in [0.5, 0.6) is 0 Å². The van der Waals surface area contributed by atoms with E-state index in [-0.39, 0.29) is 17.7 Å². The van der Waals surface area contributed by atoms with E-state index >= 15 is 0 Å². The predicted molar refractivity (Wildman–Crippen MR) is 87.9 cm³/mol. The fourth-order valence-corrected chi connectivity index (χ4v) is 2.50. The summed E-state index contributed by atoms with van der Waals surface area (Å²) in [5.74, 6) is -2.04. The Balaban J connectivity index is 1.88. The van der Waals surface area contributed by atoms with Crippen molar-refractivity contribution in [1.82, 2.24) is 4.57 Å². The van der Waals surface area contributed by atoms with Crippen LogP contribution in [0.3, 0.4) is 0 Å². The summed E-state index contributed by atoms with van der Waals surface area (Å²) in [5, 5.41) is 2.91. The average molecular weight is 328 g/mol. The third-order valence-corrected chi connectivity index (χ3v) is 3.65. The zero-order chi connectivity index (χ0) is 17.3. The van der Waals surface area contributed by atoms with Crippen molar-refractivity contribution in [2.45, 2.75) is 13.5 Å². The standard InChI is InChI=1S/C18H14F2N2O2/c1-11-2-5-16-13(8-11)17(23)6-7-22(16)10-18(24)21-15-4-3-12(19)9-14(15)20/h2-9H,10H2,1H3,(H,21,24). The van der Waals surface area contributed by atoms with Crippen LogP contribution < -0.4 is 10.7 Å². The molecule has 0 aliphatic heterocycles. The summed E-state index contributed by atoms with van der Waals surface area (Å²) in [4.78, 5) is 24.1. The van der Waals surface area contributed by atoms with Crippen molar-refractivity contribution in [3.8, 4) is 0 Å². The van der Waals surface area contributed by atoms with E-state index in [9.17, 15) is 18.4 Å². The largest absolute Gasteiger partial charge is 0.338 e. The van der Waals surface area contributed by atoms with Gasteiger partial charge in [0.1, 0.15) is 18.2 Å². The number of benzene rings is 2. The number of rotatable bonds is 3. The Labute approximate surface area is 136 Å². The van der Waals surface area contributed by atoms with Crippen LogP contribution in [0.1, 0.15) is 5.56 Å². The Morgan fingerprint density at radius 3 is 2.67 bits per heavy atom. The van der Waals surface area contributed by atoms with Crippen LogP contribution in [0.25, 0.3) is 10.9 Å². The van der Waals surface area contributed by atoms with Crippen molar-refractivity contribution < 1.29 is 13.6 Å². The van der Waals surface area contributed by atoms with Gasteiger partial charge in [0.2, 0.25) is 5.91 Å². The number of amides is 1. The summed E-state index contributed by atoms with van der Waals surface area (Å²) in [6.45, 7) is 1.77. The summed E-state index contributed by atoms with van der Waals surface area (Å²) < 4.78 is 28.1. The van der Waals surface area contributed by atoms with Gasteiger partial charge in [-0.05, 0) is 31.2 Å². The number of carbonyl (C=O) groups is 1. The van der Waals surface area contributed by atoms with Crippen LogP contribution in [0, 0.1) is 18.6 Å². The van der Waals surface area contributed by atoms with Gasteiger partial charge in [-0.15, -0.1) is 0 Å². The maximum atomic E-state index is 13.6. The lowest BCUT2D eigenvalue weighted by Crippen LogP contribution is -2.21. The van der Waals surface area contributed by atoms with E-state index in [1.54, 1.807) is 16.7 Å². The molecule has 0 radical (unpaired) electrons. The quantitative estimate of drug-likeness (QED) is 0.802. The highest BCUT2D eigenvalue weighted by molar-refractivity contribution is 5.92. The topological polar surface area (TPSA) is 51.1 Å². The monoisotopic (exact) mass is 328 g/mol. The first kappa shape index (κ1) is 15.9. The lowest BCUT2D eigenvalue weighted by atomic mass is 10.1. The maximum absolute atomic E-state index is 13.6. The molecule has 0 saturated heterocycles. The summed E-state index contributed by atoms with van der Waals surface area (Å²) in [7, 11) is 0. The number of carbonyl (C=O) groups excluding carboxylic acids is 1. The van der Waals surface area contributed by atoms with Crippen molar-refractivity contribution in [2.75, 3.05) is 5.32 Å². The predicted octanol–water partition coefficient (Wildman–Crippen LogP) is 3.23. The molecule has 0 spiro atoms. The number of aromatic nitrogens is 1. The maximum Gasteiger partial charge on any atom is 0.244 e. The number of hydrogen-bond donors (Lipinski definition) is 1. The molecule has 1 aromatic heterocycles. The first-order valence-corrected chi connectivity index (χ1v) is 7.29. The van der Waals surface area contributed by atoms with Gasteiger partial charge in [0.15, 0.2) is 5.43 Å². The smallest absolute Gasteiger partial charge is 0.244 e. The van der Waals surface area contributed by atoms with Crippen LogP contribution in [0.4, 0.5) is 14.5 Å². The lowest BCUT2D eigenvalue weighted by Gasteiger charge is -2.12. The van der Waals surface area contributed by atoms with Crippen LogP contribution in [0.15, 0.2) is 53.5 Å². The van der Waals surface area contributed by atoms with Gasteiger partial charge < -0.3 is 9.88 Å². The minimum Gasteiger partial charge on any atom is -0.338 e. The molecule has 0 saturated carbocycles. The van der Waals surface area contributed by atoms with Gasteiger partial charge in [0.25, 0.3) is 0 Å². The fraction of sp³-hybridized carbons (Fsp3) is 0.111. The Hall–Kier alpha value is -3.02. The molecule has 6 heteroatoms. The second kappa shape index (κ2) is 6.23. The van der Waals surface area contributed by atoms with Crippen LogP contribution in [0.2, 0.25) is 0 Å². The van der Waals surface area contributed by atoms with E-state index in [4.69, 9.17) is 0 Å². The normalized spacial score (nSPS) is 10.8. The lowest BCUT2D eigenvalue weighted by molar-refractivity contribution is -0.116. The van der Waals surface area contributed by atoms with Gasteiger partial charge in [0.05, 0.1) is 11.2 Å². The van der Waals surface area contributed by atoms with Gasteiger partial charge in [-0.2, -0.15) is 0 Å².